The van der Waals surface area contributed by atoms with Crippen molar-refractivity contribution in [1.82, 2.24) is 4.90 Å². The molecule has 4 heteroatoms. The molecule has 0 aromatic heterocycles. The van der Waals surface area contributed by atoms with Crippen LogP contribution in [-0.4, -0.2) is 43.7 Å². The Labute approximate surface area is 90.8 Å². The van der Waals surface area contributed by atoms with Gasteiger partial charge in [-0.2, -0.15) is 0 Å². The molecule has 0 spiro atoms. The van der Waals surface area contributed by atoms with Crippen molar-refractivity contribution in [2.45, 2.75) is 19.3 Å². The lowest BCUT2D eigenvalue weighted by Crippen LogP contribution is -2.32. The van der Waals surface area contributed by atoms with E-state index >= 15 is 0 Å². The Morgan fingerprint density at radius 2 is 2.07 bits per heavy atom. The molecule has 2 aliphatic rings. The van der Waals surface area contributed by atoms with Crippen LogP contribution in [0.15, 0.2) is 0 Å². The van der Waals surface area contributed by atoms with Gasteiger partial charge in [0.05, 0.1) is 5.92 Å². The number of ether oxygens (including phenoxy) is 1. The summed E-state index contributed by atoms with van der Waals surface area (Å²) in [6.07, 6.45) is 3.27. The smallest absolute Gasteiger partial charge is 0.221 e. The maximum Gasteiger partial charge on any atom is 0.221 e. The summed E-state index contributed by atoms with van der Waals surface area (Å²) < 4.78 is 5.33. The molecule has 2 saturated heterocycles. The Bertz CT molecular complexity index is 227. The average Bonchev–Trinajstić information content (AvgIpc) is 2.68. The van der Waals surface area contributed by atoms with Gasteiger partial charge in [-0.3, -0.25) is 4.79 Å². The van der Waals surface area contributed by atoms with Gasteiger partial charge in [0.2, 0.25) is 5.91 Å². The zero-order chi connectivity index (χ0) is 10.7. The third kappa shape index (κ3) is 2.92. The number of likely N-dealkylation sites (tertiary alicyclic amines) is 1. The molecule has 1 unspecified atom stereocenters. The van der Waals surface area contributed by atoms with Crippen molar-refractivity contribution in [1.29, 1.82) is 0 Å². The van der Waals surface area contributed by atoms with Crippen LogP contribution < -0.4 is 5.73 Å². The van der Waals surface area contributed by atoms with Crippen LogP contribution >= 0.6 is 0 Å². The van der Waals surface area contributed by atoms with Gasteiger partial charge in [0.25, 0.3) is 0 Å². The van der Waals surface area contributed by atoms with Crippen LogP contribution in [0.2, 0.25) is 0 Å². The quantitative estimate of drug-likeness (QED) is 0.728. The van der Waals surface area contributed by atoms with Gasteiger partial charge in [0.1, 0.15) is 0 Å². The molecule has 0 bridgehead atoms. The summed E-state index contributed by atoms with van der Waals surface area (Å²) in [7, 11) is 0. The lowest BCUT2D eigenvalue weighted by molar-refractivity contribution is -0.121. The Morgan fingerprint density at radius 1 is 1.33 bits per heavy atom. The summed E-state index contributed by atoms with van der Waals surface area (Å²) in [6.45, 7) is 4.82. The van der Waals surface area contributed by atoms with Crippen LogP contribution in [0.1, 0.15) is 19.3 Å². The molecule has 2 heterocycles. The first-order chi connectivity index (χ1) is 7.25. The third-order valence-corrected chi connectivity index (χ3v) is 3.53. The summed E-state index contributed by atoms with van der Waals surface area (Å²) in [6, 6.07) is 0. The monoisotopic (exact) mass is 212 g/mol. The number of amides is 1. The third-order valence-electron chi connectivity index (χ3n) is 3.53. The van der Waals surface area contributed by atoms with Gasteiger partial charge >= 0.3 is 0 Å². The second-order valence-corrected chi connectivity index (χ2v) is 4.70. The van der Waals surface area contributed by atoms with Crippen molar-refractivity contribution in [3.05, 3.63) is 0 Å². The second kappa shape index (κ2) is 4.94. The van der Waals surface area contributed by atoms with E-state index in [1.165, 1.54) is 0 Å². The first-order valence-electron chi connectivity index (χ1n) is 5.85. The number of hydrogen-bond donors (Lipinski definition) is 1. The van der Waals surface area contributed by atoms with E-state index < -0.39 is 0 Å². The molecule has 1 atom stereocenters. The van der Waals surface area contributed by atoms with E-state index in [0.29, 0.717) is 0 Å². The lowest BCUT2D eigenvalue weighted by Gasteiger charge is -2.26. The molecule has 0 radical (unpaired) electrons. The van der Waals surface area contributed by atoms with Gasteiger partial charge in [-0.1, -0.05) is 0 Å². The number of rotatable bonds is 3. The standard InChI is InChI=1S/C11H20N2O2/c12-11(14)10-1-4-13(8-10)7-9-2-5-15-6-3-9/h9-10H,1-8H2,(H2,12,14). The van der Waals surface area contributed by atoms with Gasteiger partial charge in [-0.15, -0.1) is 0 Å². The predicted molar refractivity (Wildman–Crippen MR) is 57.3 cm³/mol. The molecule has 2 N–H and O–H groups in total. The zero-order valence-corrected chi connectivity index (χ0v) is 9.15. The Balaban J connectivity index is 1.74. The average molecular weight is 212 g/mol. The lowest BCUT2D eigenvalue weighted by atomic mass is 10.00. The molecule has 15 heavy (non-hydrogen) atoms. The van der Waals surface area contributed by atoms with Crippen LogP contribution in [0.4, 0.5) is 0 Å². The number of primary amides is 1. The summed E-state index contributed by atoms with van der Waals surface area (Å²) in [4.78, 5) is 13.4. The molecule has 86 valence electrons. The van der Waals surface area contributed by atoms with E-state index in [9.17, 15) is 4.79 Å². The fraction of sp³-hybridized carbons (Fsp3) is 0.909. The molecule has 1 amide bonds. The van der Waals surface area contributed by atoms with Crippen molar-refractivity contribution in [3.63, 3.8) is 0 Å². The van der Waals surface area contributed by atoms with Gasteiger partial charge in [0.15, 0.2) is 0 Å². The number of carbonyl (C=O) groups excluding carboxylic acids is 1. The number of nitrogens with zero attached hydrogens (tertiary/aromatic N) is 1. The van der Waals surface area contributed by atoms with E-state index in [-0.39, 0.29) is 11.8 Å². The maximum absolute atomic E-state index is 11.0. The molecule has 2 aliphatic heterocycles. The SMILES string of the molecule is NC(=O)C1CCN(CC2CCOCC2)C1. The molecule has 4 nitrogen and oxygen atoms in total. The van der Waals surface area contributed by atoms with Crippen molar-refractivity contribution in [3.8, 4) is 0 Å². The summed E-state index contributed by atoms with van der Waals surface area (Å²) in [5.41, 5.74) is 5.31. The van der Waals surface area contributed by atoms with E-state index in [1.807, 2.05) is 0 Å². The number of hydrogen-bond acceptors (Lipinski definition) is 3. The van der Waals surface area contributed by atoms with Crippen LogP contribution in [-0.2, 0) is 9.53 Å². The minimum absolute atomic E-state index is 0.0878. The maximum atomic E-state index is 11.0. The van der Waals surface area contributed by atoms with Crippen molar-refractivity contribution >= 4 is 5.91 Å². The largest absolute Gasteiger partial charge is 0.381 e. The van der Waals surface area contributed by atoms with Crippen LogP contribution in [0, 0.1) is 11.8 Å². The van der Waals surface area contributed by atoms with Crippen molar-refractivity contribution in [2.24, 2.45) is 17.6 Å². The fourth-order valence-corrected chi connectivity index (χ4v) is 2.52. The molecule has 0 aromatic rings. The summed E-state index contributed by atoms with van der Waals surface area (Å²) in [5, 5.41) is 0. The van der Waals surface area contributed by atoms with Gasteiger partial charge in [-0.25, -0.2) is 0 Å². The van der Waals surface area contributed by atoms with Gasteiger partial charge in [0, 0.05) is 26.3 Å². The van der Waals surface area contributed by atoms with Crippen molar-refractivity contribution < 1.29 is 9.53 Å². The van der Waals surface area contributed by atoms with Crippen LogP contribution in [0.25, 0.3) is 0 Å². The normalized spacial score (nSPS) is 29.5. The highest BCUT2D eigenvalue weighted by Gasteiger charge is 2.28. The Hall–Kier alpha value is -0.610. The van der Waals surface area contributed by atoms with Crippen LogP contribution in [0.3, 0.4) is 0 Å². The second-order valence-electron chi connectivity index (χ2n) is 4.70. The van der Waals surface area contributed by atoms with E-state index in [2.05, 4.69) is 4.90 Å². The zero-order valence-electron chi connectivity index (χ0n) is 9.15. The first-order valence-corrected chi connectivity index (χ1v) is 5.85. The fourth-order valence-electron chi connectivity index (χ4n) is 2.52. The number of carbonyl (C=O) groups is 1. The summed E-state index contributed by atoms with van der Waals surface area (Å²) >= 11 is 0. The summed E-state index contributed by atoms with van der Waals surface area (Å²) in [5.74, 6) is 0.708. The van der Waals surface area contributed by atoms with Crippen molar-refractivity contribution in [2.75, 3.05) is 32.8 Å². The van der Waals surface area contributed by atoms with Gasteiger partial charge in [-0.05, 0) is 31.7 Å². The molecule has 0 aliphatic carbocycles. The molecule has 2 fully saturated rings. The minimum Gasteiger partial charge on any atom is -0.381 e. The number of nitrogens with two attached hydrogens (primary N) is 1. The minimum atomic E-state index is -0.135. The van der Waals surface area contributed by atoms with Crippen LogP contribution in [0.5, 0.6) is 0 Å². The molecule has 2 rings (SSSR count). The first kappa shape index (κ1) is 10.9. The highest BCUT2D eigenvalue weighted by atomic mass is 16.5. The molecular weight excluding hydrogens is 192 g/mol. The van der Waals surface area contributed by atoms with Gasteiger partial charge < -0.3 is 15.4 Å². The highest BCUT2D eigenvalue weighted by molar-refractivity contribution is 5.77. The predicted octanol–water partition coefficient (Wildman–Crippen LogP) is 0.220. The molecule has 0 saturated carbocycles. The molecule has 0 aromatic carbocycles. The Morgan fingerprint density at radius 3 is 2.67 bits per heavy atom. The molecular formula is C11H20N2O2. The highest BCUT2D eigenvalue weighted by Crippen LogP contribution is 2.21. The van der Waals surface area contributed by atoms with E-state index in [0.717, 1.165) is 58.0 Å². The van der Waals surface area contributed by atoms with E-state index in [1.54, 1.807) is 0 Å². The Kier molecular flexibility index (Phi) is 3.59. The topological polar surface area (TPSA) is 55.6 Å². The van der Waals surface area contributed by atoms with E-state index in [4.69, 9.17) is 10.5 Å².